The summed E-state index contributed by atoms with van der Waals surface area (Å²) in [4.78, 5) is 22.8. The van der Waals surface area contributed by atoms with Crippen LogP contribution in [-0.4, -0.2) is 53.5 Å². The van der Waals surface area contributed by atoms with Crippen LogP contribution in [0.3, 0.4) is 0 Å². The second-order valence-electron chi connectivity index (χ2n) is 3.67. The number of aliphatic hydroxyl groups excluding tert-OH is 2. The minimum atomic E-state index is -1.46. The van der Waals surface area contributed by atoms with Crippen molar-refractivity contribution < 1.29 is 24.5 Å². The number of hydrogen-bond donors (Lipinski definition) is 4. The van der Waals surface area contributed by atoms with Crippen LogP contribution in [-0.2, 0) is 14.3 Å². The second-order valence-corrected chi connectivity index (χ2v) is 3.67. The Morgan fingerprint density at radius 3 is 2.24 bits per heavy atom. The molecule has 0 aromatic carbocycles. The molecule has 17 heavy (non-hydrogen) atoms. The predicted octanol–water partition coefficient (Wildman–Crippen LogP) is -1.87. The maximum Gasteiger partial charge on any atom is 0.332 e. The third-order valence-corrected chi connectivity index (χ3v) is 2.49. The fraction of sp³-hybridized carbons (Fsp3) is 0.800. The number of amides is 1. The van der Waals surface area contributed by atoms with E-state index >= 15 is 0 Å². The molecule has 0 radical (unpaired) electrons. The molecule has 0 aliphatic rings. The molecule has 7 nitrogen and oxygen atoms in total. The predicted molar refractivity (Wildman–Crippen MR) is 59.9 cm³/mol. The maximum absolute atomic E-state index is 11.6. The van der Waals surface area contributed by atoms with Crippen LogP contribution in [0.1, 0.15) is 20.3 Å². The maximum atomic E-state index is 11.6. The van der Waals surface area contributed by atoms with E-state index in [1.165, 1.54) is 0 Å². The van der Waals surface area contributed by atoms with Crippen LogP contribution < -0.4 is 11.1 Å². The zero-order chi connectivity index (χ0) is 13.5. The van der Waals surface area contributed by atoms with Crippen LogP contribution in [0, 0.1) is 0 Å². The summed E-state index contributed by atoms with van der Waals surface area (Å²) in [5.74, 6) is -1.63. The van der Waals surface area contributed by atoms with Crippen molar-refractivity contribution in [1.82, 2.24) is 5.32 Å². The van der Waals surface area contributed by atoms with E-state index in [2.05, 4.69) is 10.1 Å². The molecule has 0 rings (SSSR count). The molecule has 0 saturated carbocycles. The number of hydrogen-bond acceptors (Lipinski definition) is 6. The molecule has 1 amide bonds. The first-order valence-corrected chi connectivity index (χ1v) is 5.42. The average Bonchev–Trinajstić information content (AvgIpc) is 2.35. The molecular formula is C10H20N2O5. The van der Waals surface area contributed by atoms with Crippen LogP contribution in [0.4, 0.5) is 0 Å². The first-order chi connectivity index (χ1) is 7.96. The van der Waals surface area contributed by atoms with E-state index in [-0.39, 0.29) is 6.61 Å². The van der Waals surface area contributed by atoms with Crippen LogP contribution in [0.5, 0.6) is 0 Å². The molecule has 0 saturated heterocycles. The third-order valence-electron chi connectivity index (χ3n) is 2.49. The van der Waals surface area contributed by atoms with Crippen molar-refractivity contribution in [2.24, 2.45) is 5.73 Å². The highest BCUT2D eigenvalue weighted by atomic mass is 16.5. The van der Waals surface area contributed by atoms with E-state index in [9.17, 15) is 9.59 Å². The van der Waals surface area contributed by atoms with Gasteiger partial charge in [0.25, 0.3) is 0 Å². The SMILES string of the molecule is CCOC(=O)C(N)C(=O)NC(CC)(CO)CO. The van der Waals surface area contributed by atoms with Crippen LogP contribution >= 0.6 is 0 Å². The molecule has 0 fully saturated rings. The van der Waals surface area contributed by atoms with Gasteiger partial charge < -0.3 is 26.0 Å². The summed E-state index contributed by atoms with van der Waals surface area (Å²) in [5, 5.41) is 20.6. The Bertz CT molecular complexity index is 257. The topological polar surface area (TPSA) is 122 Å². The molecule has 0 aromatic heterocycles. The molecular weight excluding hydrogens is 228 g/mol. The van der Waals surface area contributed by atoms with E-state index in [1.54, 1.807) is 13.8 Å². The standard InChI is InChI=1S/C10H20N2O5/c1-3-10(5-13,6-14)12-8(15)7(11)9(16)17-4-2/h7,13-14H,3-6,11H2,1-2H3,(H,12,15). The Hall–Kier alpha value is -1.18. The van der Waals surface area contributed by atoms with Crippen molar-refractivity contribution in [2.45, 2.75) is 31.8 Å². The van der Waals surface area contributed by atoms with Crippen LogP contribution in [0.2, 0.25) is 0 Å². The lowest BCUT2D eigenvalue weighted by Gasteiger charge is -2.30. The molecule has 0 aromatic rings. The van der Waals surface area contributed by atoms with E-state index in [1.807, 2.05) is 0 Å². The number of esters is 1. The van der Waals surface area contributed by atoms with Gasteiger partial charge in [-0.15, -0.1) is 0 Å². The smallest absolute Gasteiger partial charge is 0.332 e. The van der Waals surface area contributed by atoms with Crippen molar-refractivity contribution in [2.75, 3.05) is 19.8 Å². The van der Waals surface area contributed by atoms with Gasteiger partial charge in [0.2, 0.25) is 5.91 Å². The van der Waals surface area contributed by atoms with Gasteiger partial charge in [-0.05, 0) is 13.3 Å². The Morgan fingerprint density at radius 1 is 1.35 bits per heavy atom. The van der Waals surface area contributed by atoms with Crippen molar-refractivity contribution in [1.29, 1.82) is 0 Å². The number of carbonyl (C=O) groups is 2. The first-order valence-electron chi connectivity index (χ1n) is 5.42. The molecule has 0 heterocycles. The van der Waals surface area contributed by atoms with Crippen LogP contribution in [0.15, 0.2) is 0 Å². The molecule has 0 aliphatic carbocycles. The third kappa shape index (κ3) is 4.29. The summed E-state index contributed by atoms with van der Waals surface area (Å²) in [7, 11) is 0. The molecule has 1 unspecified atom stereocenters. The monoisotopic (exact) mass is 248 g/mol. The van der Waals surface area contributed by atoms with Gasteiger partial charge in [-0.2, -0.15) is 0 Å². The summed E-state index contributed by atoms with van der Waals surface area (Å²) in [5.41, 5.74) is 4.20. The Balaban J connectivity index is 4.56. The van der Waals surface area contributed by atoms with E-state index in [0.29, 0.717) is 6.42 Å². The van der Waals surface area contributed by atoms with Gasteiger partial charge in [0.05, 0.1) is 25.4 Å². The number of rotatable bonds is 7. The van der Waals surface area contributed by atoms with Gasteiger partial charge in [0.15, 0.2) is 6.04 Å². The number of nitrogens with one attached hydrogen (secondary N) is 1. The Labute approximate surface area is 99.9 Å². The summed E-state index contributed by atoms with van der Waals surface area (Å²) in [6, 6.07) is -1.46. The quantitative estimate of drug-likeness (QED) is 0.309. The summed E-state index contributed by atoms with van der Waals surface area (Å²) in [6.07, 6.45) is 0.307. The lowest BCUT2D eigenvalue weighted by atomic mass is 9.98. The fourth-order valence-corrected chi connectivity index (χ4v) is 1.12. The molecule has 0 spiro atoms. The van der Waals surface area contributed by atoms with Crippen molar-refractivity contribution in [3.63, 3.8) is 0 Å². The number of carbonyl (C=O) groups excluding carboxylic acids is 2. The molecule has 5 N–H and O–H groups in total. The molecule has 100 valence electrons. The van der Waals surface area contributed by atoms with Gasteiger partial charge in [-0.1, -0.05) is 6.92 Å². The van der Waals surface area contributed by atoms with Gasteiger partial charge >= 0.3 is 5.97 Å². The summed E-state index contributed by atoms with van der Waals surface area (Å²) < 4.78 is 4.59. The van der Waals surface area contributed by atoms with E-state index in [4.69, 9.17) is 15.9 Å². The molecule has 0 aliphatic heterocycles. The number of aliphatic hydroxyl groups is 2. The minimum absolute atomic E-state index is 0.124. The highest BCUT2D eigenvalue weighted by Gasteiger charge is 2.33. The number of nitrogens with two attached hydrogens (primary N) is 1. The zero-order valence-corrected chi connectivity index (χ0v) is 10.1. The first kappa shape index (κ1) is 15.8. The van der Waals surface area contributed by atoms with Gasteiger partial charge in [-0.25, -0.2) is 4.79 Å². The van der Waals surface area contributed by atoms with Gasteiger partial charge in [0.1, 0.15) is 0 Å². The normalized spacial score (nSPS) is 13.0. The Kier molecular flexibility index (Phi) is 6.71. The van der Waals surface area contributed by atoms with E-state index < -0.39 is 36.7 Å². The highest BCUT2D eigenvalue weighted by Crippen LogP contribution is 2.08. The average molecular weight is 248 g/mol. The zero-order valence-electron chi connectivity index (χ0n) is 10.1. The fourth-order valence-electron chi connectivity index (χ4n) is 1.12. The Morgan fingerprint density at radius 2 is 1.88 bits per heavy atom. The van der Waals surface area contributed by atoms with Crippen molar-refractivity contribution in [3.8, 4) is 0 Å². The second kappa shape index (κ2) is 7.21. The lowest BCUT2D eigenvalue weighted by Crippen LogP contribution is -2.59. The number of ether oxygens (including phenoxy) is 1. The minimum Gasteiger partial charge on any atom is -0.464 e. The molecule has 1 atom stereocenters. The summed E-state index contributed by atoms with van der Waals surface area (Å²) in [6.45, 7) is 2.52. The van der Waals surface area contributed by atoms with Crippen molar-refractivity contribution in [3.05, 3.63) is 0 Å². The van der Waals surface area contributed by atoms with Gasteiger partial charge in [-0.3, -0.25) is 4.79 Å². The van der Waals surface area contributed by atoms with Crippen LogP contribution in [0.25, 0.3) is 0 Å². The molecule has 0 bridgehead atoms. The van der Waals surface area contributed by atoms with Gasteiger partial charge in [0, 0.05) is 0 Å². The summed E-state index contributed by atoms with van der Waals surface area (Å²) >= 11 is 0. The largest absolute Gasteiger partial charge is 0.464 e. The highest BCUT2D eigenvalue weighted by molar-refractivity contribution is 6.01. The van der Waals surface area contributed by atoms with Crippen molar-refractivity contribution >= 4 is 11.9 Å². The van der Waals surface area contributed by atoms with E-state index in [0.717, 1.165) is 0 Å². The lowest BCUT2D eigenvalue weighted by molar-refractivity contribution is -0.148. The molecule has 7 heteroatoms.